The van der Waals surface area contributed by atoms with Crippen molar-refractivity contribution in [1.29, 1.82) is 0 Å². The summed E-state index contributed by atoms with van der Waals surface area (Å²) in [5, 5.41) is 129. The SMILES string of the molecule is CC(=O)N[C@H]1[C@H](OC[C@@H](O)[C@H](O)[C@H](O[C@@H]2O[C@H](CO)[C@H](O)[C@H](O)[C@H]2O[C@H]2O[C@@H](C)[C@@H](O)[C@@H](O)[C@@H]2O)[C@H](CO)NC(C)=O)O[C@H](CO)[C@@H](O)[C@@H]1O. The van der Waals surface area contributed by atoms with Crippen molar-refractivity contribution < 1.29 is 99.3 Å². The van der Waals surface area contributed by atoms with Crippen molar-refractivity contribution in [2.45, 2.75) is 137 Å². The zero-order valence-corrected chi connectivity index (χ0v) is 27.4. The van der Waals surface area contributed by atoms with Gasteiger partial charge in [-0.1, -0.05) is 0 Å². The Bertz CT molecular complexity index is 1080. The molecule has 3 aliphatic heterocycles. The van der Waals surface area contributed by atoms with Crippen molar-refractivity contribution in [2.24, 2.45) is 0 Å². The van der Waals surface area contributed by atoms with Gasteiger partial charge in [-0.15, -0.1) is 0 Å². The van der Waals surface area contributed by atoms with Crippen LogP contribution in [0.25, 0.3) is 0 Å². The van der Waals surface area contributed by atoms with Gasteiger partial charge in [-0.2, -0.15) is 0 Å². The van der Waals surface area contributed by atoms with Crippen LogP contribution in [0, 0.1) is 0 Å². The Morgan fingerprint density at radius 1 is 0.720 bits per heavy atom. The number of rotatable bonds is 15. The van der Waals surface area contributed by atoms with Gasteiger partial charge < -0.3 is 100 Å². The molecule has 292 valence electrons. The zero-order chi connectivity index (χ0) is 37.6. The third-order valence-corrected chi connectivity index (χ3v) is 8.61. The van der Waals surface area contributed by atoms with E-state index in [0.717, 1.165) is 13.8 Å². The van der Waals surface area contributed by atoms with Gasteiger partial charge in [-0.3, -0.25) is 9.59 Å². The Kier molecular flexibility index (Phi) is 16.0. The highest BCUT2D eigenvalue weighted by Gasteiger charge is 2.52. The molecule has 0 bridgehead atoms. The van der Waals surface area contributed by atoms with Gasteiger partial charge in [-0.25, -0.2) is 0 Å². The molecule has 0 aromatic rings. The predicted molar refractivity (Wildman–Crippen MR) is 158 cm³/mol. The lowest BCUT2D eigenvalue weighted by Gasteiger charge is -2.47. The number of aliphatic hydroxyl groups is 12. The lowest BCUT2D eigenvalue weighted by Crippen LogP contribution is -2.66. The van der Waals surface area contributed by atoms with E-state index in [0.29, 0.717) is 0 Å². The normalized spacial score (nSPS) is 41.9. The van der Waals surface area contributed by atoms with Crippen LogP contribution in [-0.4, -0.2) is 216 Å². The van der Waals surface area contributed by atoms with E-state index in [2.05, 4.69) is 10.6 Å². The smallest absolute Gasteiger partial charge is 0.217 e. The number of carbonyl (C=O) groups is 2. The molecule has 3 aliphatic rings. The van der Waals surface area contributed by atoms with Gasteiger partial charge in [0.2, 0.25) is 11.8 Å². The first-order valence-corrected chi connectivity index (χ1v) is 15.8. The van der Waals surface area contributed by atoms with Crippen LogP contribution in [0.4, 0.5) is 0 Å². The summed E-state index contributed by atoms with van der Waals surface area (Å²) in [4.78, 5) is 23.7. The Hall–Kier alpha value is -1.78. The summed E-state index contributed by atoms with van der Waals surface area (Å²) >= 11 is 0. The average molecular weight is 735 g/mol. The Morgan fingerprint density at radius 3 is 1.84 bits per heavy atom. The summed E-state index contributed by atoms with van der Waals surface area (Å²) in [5.41, 5.74) is 0. The van der Waals surface area contributed by atoms with Gasteiger partial charge >= 0.3 is 0 Å². The molecule has 3 heterocycles. The number of aliphatic hydroxyl groups excluding tert-OH is 12. The van der Waals surface area contributed by atoms with E-state index < -0.39 is 155 Å². The predicted octanol–water partition coefficient (Wildman–Crippen LogP) is -8.80. The van der Waals surface area contributed by atoms with Crippen LogP contribution < -0.4 is 10.6 Å². The molecule has 0 saturated carbocycles. The van der Waals surface area contributed by atoms with E-state index in [1.165, 1.54) is 6.92 Å². The number of hydrogen-bond acceptors (Lipinski definition) is 20. The van der Waals surface area contributed by atoms with Crippen LogP contribution in [0.1, 0.15) is 20.8 Å². The fourth-order valence-corrected chi connectivity index (χ4v) is 5.78. The van der Waals surface area contributed by atoms with E-state index >= 15 is 0 Å². The fourth-order valence-electron chi connectivity index (χ4n) is 5.78. The molecular formula is C28H50N2O20. The molecule has 3 rings (SSSR count). The van der Waals surface area contributed by atoms with Crippen LogP contribution in [0.3, 0.4) is 0 Å². The van der Waals surface area contributed by atoms with E-state index in [1.807, 2.05) is 0 Å². The van der Waals surface area contributed by atoms with Gasteiger partial charge in [0.15, 0.2) is 18.9 Å². The number of ether oxygens (including phenoxy) is 6. The monoisotopic (exact) mass is 734 g/mol. The fraction of sp³-hybridized carbons (Fsp3) is 0.929. The molecule has 14 N–H and O–H groups in total. The van der Waals surface area contributed by atoms with Crippen molar-refractivity contribution in [2.75, 3.05) is 26.4 Å². The molecule has 0 radical (unpaired) electrons. The minimum atomic E-state index is -2.14. The first kappa shape index (κ1) is 42.6. The van der Waals surface area contributed by atoms with Crippen molar-refractivity contribution in [3.05, 3.63) is 0 Å². The second-order valence-corrected chi connectivity index (χ2v) is 12.4. The number of carbonyl (C=O) groups excluding carboxylic acids is 2. The standard InChI is InChI=1S/C28H50N2O20/c1-8-16(37)21(42)23(44)27(46-8)50-25-22(43)19(40)14(6-33)48-28(25)49-24(11(4-31)29-9(2)34)17(38)12(36)7-45-26-15(30-10(3)35)20(41)18(39)13(5-32)47-26/h8,11-28,31-33,36-44H,4-7H2,1-3H3,(H,29,34)(H,30,35)/t8-,11-,12+,13+,14+,15+,16+,17-,18+,19-,20+,21+,22-,23-,24+,25+,26+,27+,28-/m0/s1. The molecule has 0 aliphatic carbocycles. The zero-order valence-electron chi connectivity index (χ0n) is 27.4. The van der Waals surface area contributed by atoms with Gasteiger partial charge in [0.1, 0.15) is 85.4 Å². The summed E-state index contributed by atoms with van der Waals surface area (Å²) in [6.07, 6.45) is -29.6. The molecule has 0 aromatic carbocycles. The largest absolute Gasteiger partial charge is 0.394 e. The molecule has 3 fully saturated rings. The molecule has 22 heteroatoms. The minimum Gasteiger partial charge on any atom is -0.394 e. The number of hydrogen-bond donors (Lipinski definition) is 14. The summed E-state index contributed by atoms with van der Waals surface area (Å²) in [5.74, 6) is -1.41. The highest BCUT2D eigenvalue weighted by Crippen LogP contribution is 2.31. The number of amides is 2. The van der Waals surface area contributed by atoms with E-state index in [4.69, 9.17) is 28.4 Å². The van der Waals surface area contributed by atoms with Gasteiger partial charge in [0, 0.05) is 13.8 Å². The minimum absolute atomic E-state index is 0.667. The van der Waals surface area contributed by atoms with Crippen molar-refractivity contribution in [3.8, 4) is 0 Å². The second-order valence-electron chi connectivity index (χ2n) is 12.4. The summed E-state index contributed by atoms with van der Waals surface area (Å²) in [7, 11) is 0. The molecular weight excluding hydrogens is 684 g/mol. The second kappa shape index (κ2) is 18.8. The first-order chi connectivity index (χ1) is 23.5. The molecule has 2 amide bonds. The molecule has 0 spiro atoms. The molecule has 0 unspecified atom stereocenters. The third kappa shape index (κ3) is 10.00. The van der Waals surface area contributed by atoms with Crippen LogP contribution in [0.15, 0.2) is 0 Å². The Labute approximate surface area is 285 Å². The maximum absolute atomic E-state index is 12.0. The molecule has 22 nitrogen and oxygen atoms in total. The van der Waals surface area contributed by atoms with Crippen LogP contribution >= 0.6 is 0 Å². The topological polar surface area (TPSA) is 356 Å². The van der Waals surface area contributed by atoms with Crippen LogP contribution in [0.5, 0.6) is 0 Å². The third-order valence-electron chi connectivity index (χ3n) is 8.61. The first-order valence-electron chi connectivity index (χ1n) is 15.8. The van der Waals surface area contributed by atoms with Crippen molar-refractivity contribution in [3.63, 3.8) is 0 Å². The van der Waals surface area contributed by atoms with Crippen LogP contribution in [-0.2, 0) is 38.0 Å². The average Bonchev–Trinajstić information content (AvgIpc) is 3.07. The lowest BCUT2D eigenvalue weighted by molar-refractivity contribution is -0.373. The molecule has 50 heavy (non-hydrogen) atoms. The van der Waals surface area contributed by atoms with Gasteiger partial charge in [0.05, 0.1) is 38.6 Å². The maximum atomic E-state index is 12.0. The Balaban J connectivity index is 1.88. The van der Waals surface area contributed by atoms with Crippen molar-refractivity contribution >= 4 is 11.8 Å². The lowest BCUT2D eigenvalue weighted by atomic mass is 9.96. The van der Waals surface area contributed by atoms with Crippen LogP contribution in [0.2, 0.25) is 0 Å². The quantitative estimate of drug-likeness (QED) is 0.0742. The molecule has 3 saturated heterocycles. The van der Waals surface area contributed by atoms with E-state index in [-0.39, 0.29) is 0 Å². The summed E-state index contributed by atoms with van der Waals surface area (Å²) in [6, 6.07) is -2.96. The summed E-state index contributed by atoms with van der Waals surface area (Å²) in [6.45, 7) is 0.0230. The summed E-state index contributed by atoms with van der Waals surface area (Å²) < 4.78 is 33.4. The van der Waals surface area contributed by atoms with E-state index in [9.17, 15) is 70.9 Å². The molecule has 19 atom stereocenters. The Morgan fingerprint density at radius 2 is 1.30 bits per heavy atom. The van der Waals surface area contributed by atoms with Crippen molar-refractivity contribution in [1.82, 2.24) is 10.6 Å². The van der Waals surface area contributed by atoms with E-state index in [1.54, 1.807) is 0 Å². The maximum Gasteiger partial charge on any atom is 0.217 e. The highest BCUT2D eigenvalue weighted by atomic mass is 16.8. The number of nitrogens with one attached hydrogen (secondary N) is 2. The highest BCUT2D eigenvalue weighted by molar-refractivity contribution is 5.73. The van der Waals surface area contributed by atoms with Gasteiger partial charge in [0.25, 0.3) is 0 Å². The van der Waals surface area contributed by atoms with Gasteiger partial charge in [-0.05, 0) is 6.92 Å². The molecule has 0 aromatic heterocycles.